The Hall–Kier alpha value is -2.27. The molecule has 0 radical (unpaired) electrons. The van der Waals surface area contributed by atoms with Gasteiger partial charge in [-0.15, -0.1) is 10.2 Å². The lowest BCUT2D eigenvalue weighted by atomic mass is 10.2. The van der Waals surface area contributed by atoms with Crippen molar-refractivity contribution in [3.05, 3.63) is 65.7 Å². The number of thioether (sulfide) groups is 2. The molecule has 0 fully saturated rings. The second-order valence-electron chi connectivity index (χ2n) is 6.05. The number of para-hydroxylation sites is 1. The number of hydrogen-bond acceptors (Lipinski definition) is 8. The quantitative estimate of drug-likeness (QED) is 0.200. The summed E-state index contributed by atoms with van der Waals surface area (Å²) in [6.45, 7) is 2.07. The van der Waals surface area contributed by atoms with Crippen LogP contribution in [-0.4, -0.2) is 33.1 Å². The number of anilines is 1. The van der Waals surface area contributed by atoms with Crippen molar-refractivity contribution in [1.29, 1.82) is 0 Å². The zero-order valence-corrected chi connectivity index (χ0v) is 19.3. The Morgan fingerprint density at radius 2 is 1.80 bits per heavy atom. The van der Waals surface area contributed by atoms with Crippen molar-refractivity contribution in [2.75, 3.05) is 11.1 Å². The Morgan fingerprint density at radius 1 is 1.10 bits per heavy atom. The molecule has 0 aliphatic heterocycles. The van der Waals surface area contributed by atoms with Crippen LogP contribution in [-0.2, 0) is 10.5 Å². The van der Waals surface area contributed by atoms with E-state index in [2.05, 4.69) is 57.2 Å². The van der Waals surface area contributed by atoms with Crippen molar-refractivity contribution in [3.8, 4) is 0 Å². The smallest absolute Gasteiger partial charge is 0.250 e. The first-order valence-corrected chi connectivity index (χ1v) is 12.1. The summed E-state index contributed by atoms with van der Waals surface area (Å²) in [5.74, 6) is 0.807. The number of aromatic nitrogens is 2. The van der Waals surface area contributed by atoms with Gasteiger partial charge in [0.15, 0.2) is 8.68 Å². The minimum Gasteiger partial charge on any atom is -0.345 e. The standard InChI is InChI=1S/C20H19N5OS4/c1-14-7-9-15(10-8-14)12-28-19-24-25-20(30-19)29-13-17(26)23-21-11-18(27)22-16-5-3-2-4-6-16/h2-11H,12-13H2,1H3,(H,22,27)(H,23,26). The molecule has 0 aliphatic carbocycles. The predicted molar refractivity (Wildman–Crippen MR) is 131 cm³/mol. The van der Waals surface area contributed by atoms with E-state index >= 15 is 0 Å². The minimum absolute atomic E-state index is 0.202. The molecule has 30 heavy (non-hydrogen) atoms. The first kappa shape index (κ1) is 22.4. The Bertz CT molecular complexity index is 1010. The number of rotatable bonds is 9. The maximum absolute atomic E-state index is 11.9. The molecular weight excluding hydrogens is 455 g/mol. The molecule has 1 amide bonds. The normalized spacial score (nSPS) is 10.8. The molecule has 1 heterocycles. The minimum atomic E-state index is -0.234. The number of hydrazone groups is 1. The van der Waals surface area contributed by atoms with E-state index in [0.717, 1.165) is 20.1 Å². The van der Waals surface area contributed by atoms with E-state index in [1.165, 1.54) is 40.4 Å². The van der Waals surface area contributed by atoms with Crippen LogP contribution in [0.15, 0.2) is 68.4 Å². The zero-order valence-electron chi connectivity index (χ0n) is 16.1. The first-order valence-electron chi connectivity index (χ1n) is 8.91. The van der Waals surface area contributed by atoms with Crippen LogP contribution < -0.4 is 10.7 Å². The number of hydrogen-bond donors (Lipinski definition) is 2. The highest BCUT2D eigenvalue weighted by molar-refractivity contribution is 8.03. The second kappa shape index (κ2) is 11.8. The number of amides is 1. The van der Waals surface area contributed by atoms with E-state index < -0.39 is 0 Å². The van der Waals surface area contributed by atoms with Gasteiger partial charge < -0.3 is 5.32 Å². The zero-order chi connectivity index (χ0) is 21.2. The summed E-state index contributed by atoms with van der Waals surface area (Å²) in [5, 5.41) is 15.2. The fraction of sp³-hybridized carbons (Fsp3) is 0.150. The van der Waals surface area contributed by atoms with Crippen LogP contribution in [0.25, 0.3) is 0 Å². The molecule has 2 N–H and O–H groups in total. The molecule has 0 unspecified atom stereocenters. The molecule has 3 rings (SSSR count). The van der Waals surface area contributed by atoms with Crippen LogP contribution in [0.2, 0.25) is 0 Å². The maximum Gasteiger partial charge on any atom is 0.250 e. The average Bonchev–Trinajstić information content (AvgIpc) is 3.20. The van der Waals surface area contributed by atoms with Crippen molar-refractivity contribution in [2.24, 2.45) is 5.10 Å². The van der Waals surface area contributed by atoms with Gasteiger partial charge >= 0.3 is 0 Å². The number of nitrogens with zero attached hydrogens (tertiary/aromatic N) is 3. The van der Waals surface area contributed by atoms with Gasteiger partial charge in [-0.3, -0.25) is 4.79 Å². The Labute approximate surface area is 193 Å². The maximum atomic E-state index is 11.9. The van der Waals surface area contributed by atoms with E-state index in [9.17, 15) is 4.79 Å². The summed E-state index contributed by atoms with van der Waals surface area (Å²) in [5.41, 5.74) is 5.81. The van der Waals surface area contributed by atoms with E-state index in [0.29, 0.717) is 4.99 Å². The van der Waals surface area contributed by atoms with Crippen molar-refractivity contribution in [1.82, 2.24) is 15.6 Å². The van der Waals surface area contributed by atoms with Gasteiger partial charge in [0.05, 0.1) is 12.0 Å². The van der Waals surface area contributed by atoms with Crippen LogP contribution >= 0.6 is 47.1 Å². The summed E-state index contributed by atoms with van der Waals surface area (Å²) in [6, 6.07) is 17.9. The molecule has 2 aromatic carbocycles. The summed E-state index contributed by atoms with van der Waals surface area (Å²) < 4.78 is 1.63. The molecule has 3 aromatic rings. The van der Waals surface area contributed by atoms with Gasteiger partial charge in [0.1, 0.15) is 4.99 Å². The van der Waals surface area contributed by atoms with Crippen LogP contribution in [0.3, 0.4) is 0 Å². The fourth-order valence-corrected chi connectivity index (χ4v) is 5.10. The van der Waals surface area contributed by atoms with Crippen LogP contribution in [0.1, 0.15) is 11.1 Å². The molecule has 154 valence electrons. The highest BCUT2D eigenvalue weighted by Crippen LogP contribution is 2.30. The third-order valence-corrected chi connectivity index (χ3v) is 7.08. The van der Waals surface area contributed by atoms with Crippen molar-refractivity contribution in [2.45, 2.75) is 21.4 Å². The number of aryl methyl sites for hydroxylation is 1. The van der Waals surface area contributed by atoms with Crippen molar-refractivity contribution in [3.63, 3.8) is 0 Å². The molecule has 0 atom stereocenters. The van der Waals surface area contributed by atoms with Gasteiger partial charge in [-0.1, -0.05) is 95.1 Å². The number of carbonyl (C=O) groups is 1. The molecule has 0 saturated heterocycles. The largest absolute Gasteiger partial charge is 0.345 e. The van der Waals surface area contributed by atoms with Gasteiger partial charge in [-0.25, -0.2) is 5.43 Å². The first-order chi connectivity index (χ1) is 14.6. The summed E-state index contributed by atoms with van der Waals surface area (Å²) in [4.78, 5) is 12.4. The molecule has 0 saturated carbocycles. The van der Waals surface area contributed by atoms with Crippen molar-refractivity contribution >= 4 is 69.9 Å². The van der Waals surface area contributed by atoms with Crippen LogP contribution in [0.4, 0.5) is 5.69 Å². The topological polar surface area (TPSA) is 79.3 Å². The van der Waals surface area contributed by atoms with Gasteiger partial charge in [0.25, 0.3) is 5.91 Å². The monoisotopic (exact) mass is 473 g/mol. The molecule has 0 aliphatic rings. The van der Waals surface area contributed by atoms with E-state index in [1.807, 2.05) is 30.3 Å². The van der Waals surface area contributed by atoms with Crippen LogP contribution in [0.5, 0.6) is 0 Å². The number of nitrogens with one attached hydrogen (secondary N) is 2. The van der Waals surface area contributed by atoms with Crippen molar-refractivity contribution < 1.29 is 4.79 Å². The lowest BCUT2D eigenvalue weighted by molar-refractivity contribution is -0.118. The molecule has 0 spiro atoms. The van der Waals surface area contributed by atoms with E-state index in [-0.39, 0.29) is 11.7 Å². The van der Waals surface area contributed by atoms with E-state index in [4.69, 9.17) is 12.2 Å². The SMILES string of the molecule is Cc1ccc(CSc2nnc(SCC(=O)NN=CC(=S)Nc3ccccc3)s2)cc1. The Morgan fingerprint density at radius 3 is 2.53 bits per heavy atom. The summed E-state index contributed by atoms with van der Waals surface area (Å²) >= 11 is 9.61. The Balaban J connectivity index is 1.36. The van der Waals surface area contributed by atoms with Crippen LogP contribution in [0, 0.1) is 6.92 Å². The predicted octanol–water partition coefficient (Wildman–Crippen LogP) is 4.77. The molecular formula is C20H19N5OS4. The highest BCUT2D eigenvalue weighted by atomic mass is 32.2. The molecule has 10 heteroatoms. The van der Waals surface area contributed by atoms with Gasteiger partial charge in [0.2, 0.25) is 0 Å². The third kappa shape index (κ3) is 7.86. The summed E-state index contributed by atoms with van der Waals surface area (Å²) in [6.07, 6.45) is 1.40. The second-order valence-corrected chi connectivity index (χ2v) is 9.91. The van der Waals surface area contributed by atoms with Gasteiger partial charge in [0, 0.05) is 11.4 Å². The third-order valence-electron chi connectivity index (χ3n) is 3.61. The van der Waals surface area contributed by atoms with Gasteiger partial charge in [-0.05, 0) is 24.6 Å². The fourth-order valence-electron chi connectivity index (χ4n) is 2.16. The number of thiocarbonyl (C=S) groups is 1. The lowest BCUT2D eigenvalue weighted by Crippen LogP contribution is -2.21. The lowest BCUT2D eigenvalue weighted by Gasteiger charge is -2.03. The molecule has 0 bridgehead atoms. The van der Waals surface area contributed by atoms with Gasteiger partial charge in [-0.2, -0.15) is 5.10 Å². The number of benzene rings is 2. The average molecular weight is 474 g/mol. The molecule has 1 aromatic heterocycles. The number of carbonyl (C=O) groups excluding carboxylic acids is 1. The Kier molecular flexibility index (Phi) is 8.81. The molecule has 6 nitrogen and oxygen atoms in total. The summed E-state index contributed by atoms with van der Waals surface area (Å²) in [7, 11) is 0. The van der Waals surface area contributed by atoms with E-state index in [1.54, 1.807) is 11.8 Å². The highest BCUT2D eigenvalue weighted by Gasteiger charge is 2.08.